The number of carbonyl (C=O) groups excluding carboxylic acids is 2. The van der Waals surface area contributed by atoms with Crippen molar-refractivity contribution in [3.05, 3.63) is 11.6 Å². The smallest absolute Gasteiger partial charge is 0.291 e. The first-order chi connectivity index (χ1) is 8.97. The fraction of sp³-hybridized carbons (Fsp3) is 0.667. The molecule has 0 radical (unpaired) electrons. The average Bonchev–Trinajstić information content (AvgIpc) is 2.85. The zero-order chi connectivity index (χ0) is 14.4. The molecule has 0 spiro atoms. The minimum atomic E-state index is -0.568. The van der Waals surface area contributed by atoms with Gasteiger partial charge in [-0.25, -0.2) is 4.98 Å². The Morgan fingerprint density at radius 1 is 1.37 bits per heavy atom. The molecule has 106 valence electrons. The summed E-state index contributed by atoms with van der Waals surface area (Å²) >= 11 is 0. The molecule has 1 heterocycles. The van der Waals surface area contributed by atoms with Gasteiger partial charge in [0.15, 0.2) is 0 Å². The van der Waals surface area contributed by atoms with Gasteiger partial charge in [-0.3, -0.25) is 14.7 Å². The second kappa shape index (κ2) is 6.86. The third-order valence-corrected chi connectivity index (χ3v) is 2.65. The van der Waals surface area contributed by atoms with Crippen LogP contribution in [0.3, 0.4) is 0 Å². The Kier molecular flexibility index (Phi) is 5.47. The van der Waals surface area contributed by atoms with Gasteiger partial charge in [0.25, 0.3) is 5.91 Å². The normalized spacial score (nSPS) is 12.3. The predicted octanol–water partition coefficient (Wildman–Crippen LogP) is 0.258. The Hall–Kier alpha value is -1.92. The van der Waals surface area contributed by atoms with Crippen molar-refractivity contribution >= 4 is 11.8 Å². The van der Waals surface area contributed by atoms with Crippen molar-refractivity contribution in [1.29, 1.82) is 0 Å². The number of nitrogens with zero attached hydrogens (tertiary/aromatic N) is 2. The summed E-state index contributed by atoms with van der Waals surface area (Å²) in [6.45, 7) is 5.89. The Balaban J connectivity index is 2.72. The molecule has 0 bridgehead atoms. The molecule has 0 saturated carbocycles. The first-order valence-electron chi connectivity index (χ1n) is 6.41. The van der Waals surface area contributed by atoms with Gasteiger partial charge in [0.05, 0.1) is 0 Å². The lowest BCUT2D eigenvalue weighted by Crippen LogP contribution is -2.46. The van der Waals surface area contributed by atoms with Crippen LogP contribution in [0.15, 0.2) is 0 Å². The predicted molar refractivity (Wildman–Crippen MR) is 70.5 cm³/mol. The lowest BCUT2D eigenvalue weighted by atomic mass is 10.0. The maximum absolute atomic E-state index is 12.0. The quantitative estimate of drug-likeness (QED) is 0.688. The summed E-state index contributed by atoms with van der Waals surface area (Å²) in [5.41, 5.74) is 0. The van der Waals surface area contributed by atoms with Crippen molar-refractivity contribution in [2.45, 2.75) is 39.7 Å². The van der Waals surface area contributed by atoms with E-state index in [1.54, 1.807) is 7.05 Å². The second-order valence-electron chi connectivity index (χ2n) is 4.73. The number of H-pyrrole nitrogens is 1. The minimum absolute atomic E-state index is 0.0644. The van der Waals surface area contributed by atoms with Gasteiger partial charge in [-0.1, -0.05) is 20.8 Å². The lowest BCUT2D eigenvalue weighted by Gasteiger charge is -2.18. The number of aromatic nitrogens is 3. The van der Waals surface area contributed by atoms with E-state index in [0.717, 1.165) is 0 Å². The highest BCUT2D eigenvalue weighted by molar-refractivity contribution is 5.94. The van der Waals surface area contributed by atoms with Gasteiger partial charge < -0.3 is 10.6 Å². The summed E-state index contributed by atoms with van der Waals surface area (Å²) in [7, 11) is 1.55. The molecule has 3 N–H and O–H groups in total. The molecule has 1 aromatic heterocycles. The van der Waals surface area contributed by atoms with Crippen LogP contribution in [0.25, 0.3) is 0 Å². The number of aryl methyl sites for hydroxylation is 1. The molecule has 0 aliphatic heterocycles. The molecule has 0 aliphatic rings. The Labute approximate surface area is 112 Å². The van der Waals surface area contributed by atoms with Crippen molar-refractivity contribution in [1.82, 2.24) is 25.8 Å². The van der Waals surface area contributed by atoms with Crippen molar-refractivity contribution in [2.75, 3.05) is 7.05 Å². The summed E-state index contributed by atoms with van der Waals surface area (Å²) in [5, 5.41) is 11.7. The van der Waals surface area contributed by atoms with Crippen LogP contribution in [0.5, 0.6) is 0 Å². The zero-order valence-corrected chi connectivity index (χ0v) is 11.8. The number of hydrogen-bond donors (Lipinski definition) is 3. The molecule has 0 aliphatic carbocycles. The summed E-state index contributed by atoms with van der Waals surface area (Å²) in [6, 6.07) is -0.568. The van der Waals surface area contributed by atoms with Crippen LogP contribution in [0.2, 0.25) is 0 Å². The van der Waals surface area contributed by atoms with Gasteiger partial charge in [-0.05, 0) is 12.3 Å². The molecule has 7 nitrogen and oxygen atoms in total. The maximum atomic E-state index is 12.0. The SMILES string of the molecule is CCc1nc(C(=O)NC(CC(C)C)C(=O)NC)n[nH]1. The molecule has 0 fully saturated rings. The summed E-state index contributed by atoms with van der Waals surface area (Å²) in [5.74, 6) is 0.347. The van der Waals surface area contributed by atoms with E-state index in [4.69, 9.17) is 0 Å². The molecule has 7 heteroatoms. The van der Waals surface area contributed by atoms with E-state index in [2.05, 4.69) is 25.8 Å². The van der Waals surface area contributed by atoms with Crippen LogP contribution in [0.1, 0.15) is 43.6 Å². The summed E-state index contributed by atoms with van der Waals surface area (Å²) in [6.07, 6.45) is 1.24. The number of likely N-dealkylation sites (N-methyl/N-ethyl adjacent to an activating group) is 1. The standard InChI is InChI=1S/C12H21N5O2/c1-5-9-15-10(17-16-9)12(19)14-8(6-7(2)3)11(18)13-4/h7-8H,5-6H2,1-4H3,(H,13,18)(H,14,19)(H,15,16,17). The van der Waals surface area contributed by atoms with Gasteiger partial charge in [0.2, 0.25) is 11.7 Å². The molecule has 19 heavy (non-hydrogen) atoms. The van der Waals surface area contributed by atoms with E-state index >= 15 is 0 Å². The molecule has 1 aromatic rings. The topological polar surface area (TPSA) is 99.8 Å². The van der Waals surface area contributed by atoms with Crippen molar-refractivity contribution in [3.63, 3.8) is 0 Å². The largest absolute Gasteiger partial charge is 0.357 e. The van der Waals surface area contributed by atoms with Crippen LogP contribution in [0.4, 0.5) is 0 Å². The highest BCUT2D eigenvalue weighted by Crippen LogP contribution is 2.05. The molecular formula is C12H21N5O2. The van der Waals surface area contributed by atoms with Gasteiger partial charge in [0.1, 0.15) is 11.9 Å². The molecular weight excluding hydrogens is 246 g/mol. The Morgan fingerprint density at radius 3 is 2.53 bits per heavy atom. The van der Waals surface area contributed by atoms with E-state index in [9.17, 15) is 9.59 Å². The highest BCUT2D eigenvalue weighted by Gasteiger charge is 2.23. The van der Waals surface area contributed by atoms with E-state index < -0.39 is 11.9 Å². The summed E-state index contributed by atoms with van der Waals surface area (Å²) < 4.78 is 0. The zero-order valence-electron chi connectivity index (χ0n) is 11.8. The average molecular weight is 267 g/mol. The lowest BCUT2D eigenvalue weighted by molar-refractivity contribution is -0.122. The van der Waals surface area contributed by atoms with E-state index in [1.165, 1.54) is 0 Å². The third-order valence-electron chi connectivity index (χ3n) is 2.65. The van der Waals surface area contributed by atoms with Crippen LogP contribution < -0.4 is 10.6 Å². The summed E-state index contributed by atoms with van der Waals surface area (Å²) in [4.78, 5) is 27.7. The number of nitrogens with one attached hydrogen (secondary N) is 3. The third kappa shape index (κ3) is 4.35. The second-order valence-corrected chi connectivity index (χ2v) is 4.73. The maximum Gasteiger partial charge on any atom is 0.291 e. The molecule has 2 amide bonds. The fourth-order valence-corrected chi connectivity index (χ4v) is 1.65. The van der Waals surface area contributed by atoms with E-state index in [0.29, 0.717) is 24.6 Å². The molecule has 1 unspecified atom stereocenters. The number of hydrogen-bond acceptors (Lipinski definition) is 4. The molecule has 1 atom stereocenters. The van der Waals surface area contributed by atoms with E-state index in [1.807, 2.05) is 20.8 Å². The number of carbonyl (C=O) groups is 2. The monoisotopic (exact) mass is 267 g/mol. The minimum Gasteiger partial charge on any atom is -0.357 e. The fourth-order valence-electron chi connectivity index (χ4n) is 1.65. The molecule has 0 saturated heterocycles. The van der Waals surface area contributed by atoms with E-state index in [-0.39, 0.29) is 11.7 Å². The van der Waals surface area contributed by atoms with Gasteiger partial charge in [-0.2, -0.15) is 0 Å². The number of rotatable bonds is 6. The first kappa shape index (κ1) is 15.1. The molecule has 1 rings (SSSR count). The van der Waals surface area contributed by atoms with Gasteiger partial charge in [0, 0.05) is 13.5 Å². The van der Waals surface area contributed by atoms with Gasteiger partial charge in [-0.15, -0.1) is 5.10 Å². The van der Waals surface area contributed by atoms with Crippen LogP contribution in [0, 0.1) is 5.92 Å². The Bertz CT molecular complexity index is 441. The van der Waals surface area contributed by atoms with Gasteiger partial charge >= 0.3 is 0 Å². The number of amides is 2. The molecule has 0 aromatic carbocycles. The van der Waals surface area contributed by atoms with Crippen molar-refractivity contribution in [3.8, 4) is 0 Å². The highest BCUT2D eigenvalue weighted by atomic mass is 16.2. The first-order valence-corrected chi connectivity index (χ1v) is 6.41. The number of aromatic amines is 1. The van der Waals surface area contributed by atoms with Crippen molar-refractivity contribution in [2.24, 2.45) is 5.92 Å². The van der Waals surface area contributed by atoms with Crippen molar-refractivity contribution < 1.29 is 9.59 Å². The van der Waals surface area contributed by atoms with Crippen LogP contribution >= 0.6 is 0 Å². The van der Waals surface area contributed by atoms with Crippen LogP contribution in [-0.4, -0.2) is 40.1 Å². The Morgan fingerprint density at radius 2 is 2.05 bits per heavy atom. The van der Waals surface area contributed by atoms with Crippen LogP contribution in [-0.2, 0) is 11.2 Å².